The van der Waals surface area contributed by atoms with Crippen molar-refractivity contribution in [1.82, 2.24) is 0 Å². The van der Waals surface area contributed by atoms with Crippen molar-refractivity contribution < 1.29 is 14.3 Å². The predicted molar refractivity (Wildman–Crippen MR) is 94.9 cm³/mol. The molecular weight excluding hydrogens is 358 g/mol. The molecule has 1 amide bonds. The number of hydrogen-bond donors (Lipinski definition) is 1. The van der Waals surface area contributed by atoms with Crippen molar-refractivity contribution >= 4 is 27.5 Å². The highest BCUT2D eigenvalue weighted by Gasteiger charge is 2.05. The van der Waals surface area contributed by atoms with Gasteiger partial charge in [-0.2, -0.15) is 0 Å². The Morgan fingerprint density at radius 1 is 1.09 bits per heavy atom. The first-order valence-electron chi connectivity index (χ1n) is 7.44. The minimum absolute atomic E-state index is 0.00574. The van der Waals surface area contributed by atoms with Crippen LogP contribution in [0.15, 0.2) is 53.0 Å². The lowest BCUT2D eigenvalue weighted by atomic mass is 10.1. The van der Waals surface area contributed by atoms with Crippen LogP contribution in [0.25, 0.3) is 0 Å². The molecule has 4 nitrogen and oxygen atoms in total. The van der Waals surface area contributed by atoms with Gasteiger partial charge in [0.05, 0.1) is 6.61 Å². The zero-order chi connectivity index (χ0) is 16.5. The summed E-state index contributed by atoms with van der Waals surface area (Å²) in [6, 6.07) is 15.3. The number of ether oxygens (including phenoxy) is 2. The maximum Gasteiger partial charge on any atom is 0.224 e. The first-order chi connectivity index (χ1) is 11.2. The fraction of sp³-hybridized carbons (Fsp3) is 0.278. The number of carbonyl (C=O) groups excluding carboxylic acids is 1. The first-order valence-corrected chi connectivity index (χ1v) is 8.23. The Bertz CT molecular complexity index is 628. The molecule has 0 fully saturated rings. The van der Waals surface area contributed by atoms with Gasteiger partial charge in [0.2, 0.25) is 5.91 Å². The fourth-order valence-electron chi connectivity index (χ4n) is 2.05. The van der Waals surface area contributed by atoms with Crippen LogP contribution in [-0.2, 0) is 16.0 Å². The quantitative estimate of drug-likeness (QED) is 0.706. The molecular formula is C18H20BrNO3. The van der Waals surface area contributed by atoms with E-state index in [-0.39, 0.29) is 5.91 Å². The molecule has 23 heavy (non-hydrogen) atoms. The van der Waals surface area contributed by atoms with Crippen LogP contribution in [0.1, 0.15) is 12.0 Å². The molecule has 0 aliphatic rings. The fourth-order valence-corrected chi connectivity index (χ4v) is 2.53. The number of anilines is 1. The summed E-state index contributed by atoms with van der Waals surface area (Å²) in [5, 5.41) is 2.89. The number of amides is 1. The molecule has 0 atom stereocenters. The molecule has 5 heteroatoms. The van der Waals surface area contributed by atoms with Gasteiger partial charge in [0.25, 0.3) is 0 Å². The van der Waals surface area contributed by atoms with Gasteiger partial charge in [0.15, 0.2) is 0 Å². The number of hydrogen-bond acceptors (Lipinski definition) is 3. The van der Waals surface area contributed by atoms with Gasteiger partial charge in [-0.25, -0.2) is 0 Å². The first kappa shape index (κ1) is 17.5. The highest BCUT2D eigenvalue weighted by Crippen LogP contribution is 2.19. The number of methoxy groups -OCH3 is 1. The molecule has 0 bridgehead atoms. The van der Waals surface area contributed by atoms with Crippen LogP contribution in [0.4, 0.5) is 5.69 Å². The molecule has 0 unspecified atom stereocenters. The molecule has 2 aromatic rings. The van der Waals surface area contributed by atoms with E-state index >= 15 is 0 Å². The summed E-state index contributed by atoms with van der Waals surface area (Å²) in [4.78, 5) is 12.0. The van der Waals surface area contributed by atoms with Crippen LogP contribution in [0.5, 0.6) is 5.75 Å². The van der Waals surface area contributed by atoms with Gasteiger partial charge in [0.1, 0.15) is 12.4 Å². The summed E-state index contributed by atoms with van der Waals surface area (Å²) in [7, 11) is 1.63. The molecule has 0 spiro atoms. The zero-order valence-corrected chi connectivity index (χ0v) is 14.6. The lowest BCUT2D eigenvalue weighted by Gasteiger charge is -2.08. The summed E-state index contributed by atoms with van der Waals surface area (Å²) in [6.07, 6.45) is 1.14. The predicted octanol–water partition coefficient (Wildman–Crippen LogP) is 4.05. The highest BCUT2D eigenvalue weighted by molar-refractivity contribution is 9.10. The number of nitrogens with one attached hydrogen (secondary N) is 1. The van der Waals surface area contributed by atoms with Gasteiger partial charge >= 0.3 is 0 Å². The van der Waals surface area contributed by atoms with E-state index in [0.29, 0.717) is 26.1 Å². The standard InChI is InChI=1S/C18H20BrNO3/c1-22-12-13-23-16-9-7-15(8-10-16)20-18(21)11-6-14-4-2-3-5-17(14)19/h2-5,7-10H,6,11-13H2,1H3,(H,20,21). The number of halogens is 1. The van der Waals surface area contributed by atoms with Crippen LogP contribution < -0.4 is 10.1 Å². The van der Waals surface area contributed by atoms with Crippen molar-refractivity contribution in [3.05, 3.63) is 58.6 Å². The molecule has 0 heterocycles. The molecule has 2 rings (SSSR count). The second kappa shape index (κ2) is 9.33. The third-order valence-corrected chi connectivity index (χ3v) is 4.05. The molecule has 0 radical (unpaired) electrons. The van der Waals surface area contributed by atoms with E-state index in [4.69, 9.17) is 9.47 Å². The minimum atomic E-state index is -0.00574. The Morgan fingerprint density at radius 2 is 1.83 bits per heavy atom. The van der Waals surface area contributed by atoms with Crippen molar-refractivity contribution in [2.24, 2.45) is 0 Å². The smallest absolute Gasteiger partial charge is 0.224 e. The van der Waals surface area contributed by atoms with Crippen LogP contribution in [0.3, 0.4) is 0 Å². The number of benzene rings is 2. The van der Waals surface area contributed by atoms with Gasteiger partial charge in [-0.15, -0.1) is 0 Å². The Kier molecular flexibility index (Phi) is 7.10. The highest BCUT2D eigenvalue weighted by atomic mass is 79.9. The monoisotopic (exact) mass is 377 g/mol. The molecule has 122 valence electrons. The summed E-state index contributed by atoms with van der Waals surface area (Å²) < 4.78 is 11.4. The van der Waals surface area contributed by atoms with Gasteiger partial charge in [0, 0.05) is 23.7 Å². The average molecular weight is 378 g/mol. The van der Waals surface area contributed by atoms with Crippen molar-refractivity contribution in [1.29, 1.82) is 0 Å². The van der Waals surface area contributed by atoms with Gasteiger partial charge in [-0.3, -0.25) is 4.79 Å². The summed E-state index contributed by atoms with van der Waals surface area (Å²) in [5.74, 6) is 0.752. The third-order valence-electron chi connectivity index (χ3n) is 3.27. The normalized spacial score (nSPS) is 10.3. The van der Waals surface area contributed by atoms with Crippen molar-refractivity contribution in [2.45, 2.75) is 12.8 Å². The Balaban J connectivity index is 1.80. The van der Waals surface area contributed by atoms with E-state index in [1.807, 2.05) is 48.5 Å². The molecule has 0 saturated carbocycles. The van der Waals surface area contributed by atoms with Gasteiger partial charge in [-0.1, -0.05) is 34.1 Å². The van der Waals surface area contributed by atoms with Crippen LogP contribution >= 0.6 is 15.9 Å². The van der Waals surface area contributed by atoms with Crippen LogP contribution in [-0.4, -0.2) is 26.2 Å². The number of aryl methyl sites for hydroxylation is 1. The molecule has 0 aliphatic heterocycles. The third kappa shape index (κ3) is 6.04. The van der Waals surface area contributed by atoms with E-state index < -0.39 is 0 Å². The van der Waals surface area contributed by atoms with Crippen molar-refractivity contribution in [2.75, 3.05) is 25.6 Å². The zero-order valence-electron chi connectivity index (χ0n) is 13.0. The van der Waals surface area contributed by atoms with E-state index in [2.05, 4.69) is 21.2 Å². The van der Waals surface area contributed by atoms with Crippen molar-refractivity contribution in [3.8, 4) is 5.75 Å². The van der Waals surface area contributed by atoms with E-state index in [1.165, 1.54) is 0 Å². The summed E-state index contributed by atoms with van der Waals surface area (Å²) in [6.45, 7) is 1.06. The van der Waals surface area contributed by atoms with Gasteiger partial charge < -0.3 is 14.8 Å². The largest absolute Gasteiger partial charge is 0.491 e. The van der Waals surface area contributed by atoms with Crippen molar-refractivity contribution in [3.63, 3.8) is 0 Å². The SMILES string of the molecule is COCCOc1ccc(NC(=O)CCc2ccccc2Br)cc1. The minimum Gasteiger partial charge on any atom is -0.491 e. The lowest BCUT2D eigenvalue weighted by Crippen LogP contribution is -2.12. The molecule has 0 saturated heterocycles. The topological polar surface area (TPSA) is 47.6 Å². The Labute approximate surface area is 144 Å². The molecule has 0 aliphatic carbocycles. The maximum absolute atomic E-state index is 12.0. The number of rotatable bonds is 8. The molecule has 0 aromatic heterocycles. The van der Waals surface area contributed by atoms with Crippen LogP contribution in [0.2, 0.25) is 0 Å². The summed E-state index contributed by atoms with van der Waals surface area (Å²) in [5.41, 5.74) is 1.89. The van der Waals surface area contributed by atoms with E-state index in [1.54, 1.807) is 7.11 Å². The summed E-state index contributed by atoms with van der Waals surface area (Å²) >= 11 is 3.49. The second-order valence-corrected chi connectivity index (χ2v) is 5.86. The average Bonchev–Trinajstić information content (AvgIpc) is 2.56. The van der Waals surface area contributed by atoms with Gasteiger partial charge in [-0.05, 0) is 42.3 Å². The lowest BCUT2D eigenvalue weighted by molar-refractivity contribution is -0.116. The Morgan fingerprint density at radius 3 is 2.52 bits per heavy atom. The number of carbonyl (C=O) groups is 1. The molecule has 1 N–H and O–H groups in total. The second-order valence-electron chi connectivity index (χ2n) is 5.01. The van der Waals surface area contributed by atoms with E-state index in [0.717, 1.165) is 21.5 Å². The van der Waals surface area contributed by atoms with Crippen LogP contribution in [0, 0.1) is 0 Å². The molecule has 2 aromatic carbocycles. The maximum atomic E-state index is 12.0. The Hall–Kier alpha value is -1.85. The van der Waals surface area contributed by atoms with E-state index in [9.17, 15) is 4.79 Å².